The highest BCUT2D eigenvalue weighted by Crippen LogP contribution is 2.27. The fourth-order valence-electron chi connectivity index (χ4n) is 2.19. The Morgan fingerprint density at radius 3 is 2.24 bits per heavy atom. The van der Waals surface area contributed by atoms with Crippen LogP contribution in [0.2, 0.25) is 0 Å². The van der Waals surface area contributed by atoms with Gasteiger partial charge in [-0.1, -0.05) is 0 Å². The van der Waals surface area contributed by atoms with Gasteiger partial charge >= 0.3 is 5.97 Å². The van der Waals surface area contributed by atoms with Crippen molar-refractivity contribution in [2.75, 3.05) is 13.1 Å². The number of sulfonamides is 1. The number of carboxylic acid groups (broad SMARTS) is 1. The fraction of sp³-hybridized carbons (Fsp3) is 0.417. The van der Waals surface area contributed by atoms with E-state index in [2.05, 4.69) is 0 Å². The van der Waals surface area contributed by atoms with Gasteiger partial charge in [0.1, 0.15) is 4.90 Å². The Kier molecular flexibility index (Phi) is 4.24. The Bertz CT molecular complexity index is 669. The minimum Gasteiger partial charge on any atom is -0.481 e. The maximum atomic E-state index is 13.6. The molecule has 0 atom stereocenters. The summed E-state index contributed by atoms with van der Waals surface area (Å²) in [7, 11) is -4.32. The zero-order valence-corrected chi connectivity index (χ0v) is 11.5. The molecule has 0 unspecified atom stereocenters. The lowest BCUT2D eigenvalue weighted by atomic mass is 9.99. The number of nitrogens with zero attached hydrogens (tertiary/aromatic N) is 1. The molecule has 0 spiro atoms. The number of piperidine rings is 1. The number of benzene rings is 1. The summed E-state index contributed by atoms with van der Waals surface area (Å²) >= 11 is 0. The third-order valence-corrected chi connectivity index (χ3v) is 5.34. The molecule has 1 aliphatic rings. The molecule has 21 heavy (non-hydrogen) atoms. The number of hydrogen-bond acceptors (Lipinski definition) is 3. The largest absolute Gasteiger partial charge is 0.481 e. The maximum Gasteiger partial charge on any atom is 0.306 e. The molecule has 2 rings (SSSR count). The van der Waals surface area contributed by atoms with E-state index in [1.807, 2.05) is 0 Å². The quantitative estimate of drug-likeness (QED) is 0.857. The third-order valence-electron chi connectivity index (χ3n) is 3.42. The van der Waals surface area contributed by atoms with Crippen molar-refractivity contribution in [2.45, 2.75) is 17.7 Å². The molecule has 0 aliphatic carbocycles. The van der Waals surface area contributed by atoms with Gasteiger partial charge < -0.3 is 5.11 Å². The SMILES string of the molecule is O=C(O)C1CCN(S(=O)(=O)c2ccc(F)c(F)c2F)CC1. The summed E-state index contributed by atoms with van der Waals surface area (Å²) in [6.07, 6.45) is 0.166. The second kappa shape index (κ2) is 5.64. The molecule has 0 amide bonds. The number of hydrogen-bond donors (Lipinski definition) is 1. The number of carbonyl (C=O) groups is 1. The normalized spacial score (nSPS) is 17.9. The van der Waals surface area contributed by atoms with E-state index in [1.165, 1.54) is 0 Å². The van der Waals surface area contributed by atoms with Gasteiger partial charge in [-0.25, -0.2) is 21.6 Å². The van der Waals surface area contributed by atoms with Crippen molar-refractivity contribution in [3.8, 4) is 0 Å². The van der Waals surface area contributed by atoms with Gasteiger partial charge in [0.15, 0.2) is 17.5 Å². The monoisotopic (exact) mass is 323 g/mol. The van der Waals surface area contributed by atoms with Crippen LogP contribution in [-0.2, 0) is 14.8 Å². The summed E-state index contributed by atoms with van der Waals surface area (Å²) in [5.74, 6) is -6.78. The molecule has 0 radical (unpaired) electrons. The minimum absolute atomic E-state index is 0.0832. The third kappa shape index (κ3) is 2.88. The van der Waals surface area contributed by atoms with Crippen molar-refractivity contribution < 1.29 is 31.5 Å². The predicted octanol–water partition coefficient (Wildman–Crippen LogP) is 1.59. The molecule has 0 saturated carbocycles. The van der Waals surface area contributed by atoms with Gasteiger partial charge in [0.05, 0.1) is 5.92 Å². The number of carboxylic acids is 1. The van der Waals surface area contributed by atoms with Gasteiger partial charge in [0.2, 0.25) is 10.0 Å². The summed E-state index contributed by atoms with van der Waals surface area (Å²) < 4.78 is 64.9. The molecule has 0 bridgehead atoms. The van der Waals surface area contributed by atoms with E-state index in [9.17, 15) is 26.4 Å². The molecule has 5 nitrogen and oxygen atoms in total. The predicted molar refractivity (Wildman–Crippen MR) is 65.4 cm³/mol. The lowest BCUT2D eigenvalue weighted by Gasteiger charge is -2.29. The first-order valence-corrected chi connectivity index (χ1v) is 7.55. The molecule has 1 fully saturated rings. The second-order valence-electron chi connectivity index (χ2n) is 4.69. The highest BCUT2D eigenvalue weighted by molar-refractivity contribution is 7.89. The molecule has 1 aliphatic heterocycles. The highest BCUT2D eigenvalue weighted by Gasteiger charge is 2.34. The molecule has 1 heterocycles. The van der Waals surface area contributed by atoms with E-state index in [1.54, 1.807) is 0 Å². The van der Waals surface area contributed by atoms with Crippen molar-refractivity contribution in [3.63, 3.8) is 0 Å². The average Bonchev–Trinajstić information content (AvgIpc) is 2.44. The van der Waals surface area contributed by atoms with Crippen LogP contribution >= 0.6 is 0 Å². The summed E-state index contributed by atoms with van der Waals surface area (Å²) in [5, 5.41) is 8.84. The van der Waals surface area contributed by atoms with Crippen LogP contribution in [0.3, 0.4) is 0 Å². The fourth-order valence-corrected chi connectivity index (χ4v) is 3.72. The zero-order chi connectivity index (χ0) is 15.8. The van der Waals surface area contributed by atoms with E-state index in [0.29, 0.717) is 12.1 Å². The first kappa shape index (κ1) is 15.8. The van der Waals surface area contributed by atoms with Crippen LogP contribution in [0, 0.1) is 23.4 Å². The van der Waals surface area contributed by atoms with Gasteiger partial charge in [-0.2, -0.15) is 4.31 Å². The smallest absolute Gasteiger partial charge is 0.306 e. The zero-order valence-electron chi connectivity index (χ0n) is 10.7. The Hall–Kier alpha value is -1.61. The van der Waals surface area contributed by atoms with Gasteiger partial charge in [-0.3, -0.25) is 4.79 Å². The minimum atomic E-state index is -4.32. The highest BCUT2D eigenvalue weighted by atomic mass is 32.2. The van der Waals surface area contributed by atoms with Crippen LogP contribution < -0.4 is 0 Å². The summed E-state index contributed by atoms with van der Waals surface area (Å²) in [6.45, 7) is -0.227. The van der Waals surface area contributed by atoms with Gasteiger partial charge in [0.25, 0.3) is 0 Å². The Labute approximate surface area is 119 Å². The first-order chi connectivity index (χ1) is 9.75. The second-order valence-corrected chi connectivity index (χ2v) is 6.60. The number of aliphatic carboxylic acids is 1. The van der Waals surface area contributed by atoms with Crippen molar-refractivity contribution in [1.82, 2.24) is 4.31 Å². The van der Waals surface area contributed by atoms with Crippen LogP contribution in [0.1, 0.15) is 12.8 Å². The number of rotatable bonds is 3. The van der Waals surface area contributed by atoms with Crippen molar-refractivity contribution >= 4 is 16.0 Å². The summed E-state index contributed by atoms with van der Waals surface area (Å²) in [6, 6.07) is 1.20. The van der Waals surface area contributed by atoms with Crippen LogP contribution in [0.25, 0.3) is 0 Å². The van der Waals surface area contributed by atoms with Crippen molar-refractivity contribution in [2.24, 2.45) is 5.92 Å². The summed E-state index contributed by atoms with van der Waals surface area (Å²) in [4.78, 5) is 9.85. The van der Waals surface area contributed by atoms with E-state index >= 15 is 0 Å². The Morgan fingerprint density at radius 1 is 1.14 bits per heavy atom. The lowest BCUT2D eigenvalue weighted by molar-refractivity contribution is -0.142. The van der Waals surface area contributed by atoms with Gasteiger partial charge in [0, 0.05) is 13.1 Å². The van der Waals surface area contributed by atoms with Crippen LogP contribution in [0.4, 0.5) is 13.2 Å². The molecular formula is C12H12F3NO4S. The topological polar surface area (TPSA) is 74.7 Å². The van der Waals surface area contributed by atoms with E-state index in [0.717, 1.165) is 4.31 Å². The molecular weight excluding hydrogens is 311 g/mol. The van der Waals surface area contributed by atoms with E-state index < -0.39 is 44.3 Å². The van der Waals surface area contributed by atoms with Gasteiger partial charge in [-0.05, 0) is 25.0 Å². The molecule has 1 aromatic carbocycles. The Balaban J connectivity index is 2.28. The lowest BCUT2D eigenvalue weighted by Crippen LogP contribution is -2.40. The molecule has 1 N–H and O–H groups in total. The van der Waals surface area contributed by atoms with Crippen molar-refractivity contribution in [3.05, 3.63) is 29.6 Å². The van der Waals surface area contributed by atoms with E-state index in [-0.39, 0.29) is 25.9 Å². The molecule has 116 valence electrons. The molecule has 0 aromatic heterocycles. The first-order valence-electron chi connectivity index (χ1n) is 6.11. The maximum absolute atomic E-state index is 13.6. The molecule has 9 heteroatoms. The Morgan fingerprint density at radius 2 is 1.71 bits per heavy atom. The molecule has 1 saturated heterocycles. The van der Waals surface area contributed by atoms with Crippen LogP contribution in [-0.4, -0.2) is 36.9 Å². The van der Waals surface area contributed by atoms with Gasteiger partial charge in [-0.15, -0.1) is 0 Å². The standard InChI is InChI=1S/C12H12F3NO4S/c13-8-1-2-9(11(15)10(8)14)21(19,20)16-5-3-7(4-6-16)12(17)18/h1-2,7H,3-6H2,(H,17,18). The van der Waals surface area contributed by atoms with E-state index in [4.69, 9.17) is 5.11 Å². The van der Waals surface area contributed by atoms with Crippen molar-refractivity contribution in [1.29, 1.82) is 0 Å². The van der Waals surface area contributed by atoms with Crippen LogP contribution in [0.5, 0.6) is 0 Å². The van der Waals surface area contributed by atoms with Crippen LogP contribution in [0.15, 0.2) is 17.0 Å². The molecule has 1 aromatic rings. The average molecular weight is 323 g/mol. The number of halogens is 3. The summed E-state index contributed by atoms with van der Waals surface area (Å²) in [5.41, 5.74) is 0.